The number of nitrogens with one attached hydrogen (secondary N) is 2. The maximum Gasteiger partial charge on any atom is 0.263 e. The van der Waals surface area contributed by atoms with Gasteiger partial charge in [-0.05, 0) is 23.8 Å². The van der Waals surface area contributed by atoms with Gasteiger partial charge >= 0.3 is 0 Å². The highest BCUT2D eigenvalue weighted by Gasteiger charge is 2.18. The van der Waals surface area contributed by atoms with Gasteiger partial charge in [-0.3, -0.25) is 4.72 Å². The summed E-state index contributed by atoms with van der Waals surface area (Å²) in [6.07, 6.45) is 10.4. The first-order chi connectivity index (χ1) is 16.0. The Morgan fingerprint density at radius 1 is 0.970 bits per heavy atom. The van der Waals surface area contributed by atoms with Gasteiger partial charge in [0, 0.05) is 31.9 Å². The molecule has 0 amide bonds. The summed E-state index contributed by atoms with van der Waals surface area (Å²) in [5, 5.41) is 3.31. The topological polar surface area (TPSA) is 83.6 Å². The van der Waals surface area contributed by atoms with E-state index in [0.29, 0.717) is 31.5 Å². The molecule has 33 heavy (non-hydrogen) atoms. The summed E-state index contributed by atoms with van der Waals surface area (Å²) in [5.41, 5.74) is 1.47. The van der Waals surface area contributed by atoms with E-state index in [1.165, 1.54) is 44.7 Å². The molecule has 2 aromatic rings. The van der Waals surface area contributed by atoms with E-state index >= 15 is 0 Å². The normalized spacial score (nSPS) is 16.8. The van der Waals surface area contributed by atoms with E-state index in [2.05, 4.69) is 33.8 Å². The van der Waals surface area contributed by atoms with Crippen molar-refractivity contribution in [2.24, 2.45) is 0 Å². The van der Waals surface area contributed by atoms with Crippen molar-refractivity contribution >= 4 is 21.5 Å². The number of para-hydroxylation sites is 1. The van der Waals surface area contributed by atoms with E-state index in [4.69, 9.17) is 4.74 Å². The van der Waals surface area contributed by atoms with Crippen LogP contribution in [-0.2, 0) is 21.3 Å². The van der Waals surface area contributed by atoms with Crippen LogP contribution in [0, 0.1) is 0 Å². The lowest BCUT2D eigenvalue weighted by Crippen LogP contribution is -2.36. The third-order valence-corrected chi connectivity index (χ3v) is 7.18. The van der Waals surface area contributed by atoms with Crippen LogP contribution in [0.25, 0.3) is 0 Å². The second-order valence-corrected chi connectivity index (χ2v) is 10.6. The number of pyridine rings is 1. The number of nitrogens with zero attached hydrogens (tertiary/aromatic N) is 2. The van der Waals surface area contributed by atoms with Crippen LogP contribution in [0.15, 0.2) is 47.5 Å². The standard InChI is InChI=1S/C19H26N4O3S.C6H12/c1-15(2)20-13-16-5-3-4-6-18(16)22-27(24,25)17-7-8-19(21-14-17)23-9-11-26-12-10-23;1-2-4-6-5-3-1/h3-8,14-15,20,22H,9-13H2,1-2H3;1-6H2. The molecule has 2 heterocycles. The van der Waals surface area contributed by atoms with Gasteiger partial charge < -0.3 is 15.0 Å². The van der Waals surface area contributed by atoms with Gasteiger partial charge in [-0.15, -0.1) is 0 Å². The number of ether oxygens (including phenoxy) is 1. The van der Waals surface area contributed by atoms with Gasteiger partial charge in [0.25, 0.3) is 10.0 Å². The molecule has 0 spiro atoms. The molecule has 2 fully saturated rings. The number of hydrogen-bond acceptors (Lipinski definition) is 6. The largest absolute Gasteiger partial charge is 0.378 e. The summed E-state index contributed by atoms with van der Waals surface area (Å²) in [6.45, 7) is 7.52. The maximum absolute atomic E-state index is 12.8. The monoisotopic (exact) mass is 474 g/mol. The molecular formula is C25H38N4O3S. The van der Waals surface area contributed by atoms with Crippen molar-refractivity contribution in [3.05, 3.63) is 48.2 Å². The van der Waals surface area contributed by atoms with Crippen LogP contribution >= 0.6 is 0 Å². The SMILES string of the molecule is C1CCCCC1.CC(C)NCc1ccccc1NS(=O)(=O)c1ccc(N2CCOCC2)nc1. The Morgan fingerprint density at radius 2 is 1.61 bits per heavy atom. The van der Waals surface area contributed by atoms with Gasteiger partial charge in [-0.2, -0.15) is 0 Å². The molecule has 8 heteroatoms. The van der Waals surface area contributed by atoms with Crippen molar-refractivity contribution in [3.63, 3.8) is 0 Å². The smallest absolute Gasteiger partial charge is 0.263 e. The van der Waals surface area contributed by atoms with Crippen molar-refractivity contribution in [2.75, 3.05) is 35.9 Å². The first-order valence-electron chi connectivity index (χ1n) is 12.1. The predicted molar refractivity (Wildman–Crippen MR) is 134 cm³/mol. The van der Waals surface area contributed by atoms with E-state index in [1.807, 2.05) is 18.2 Å². The Kier molecular flexibility index (Phi) is 9.96. The number of hydrogen-bond donors (Lipinski definition) is 2. The molecule has 2 aliphatic rings. The first kappa shape index (κ1) is 25.5. The maximum atomic E-state index is 12.8. The molecule has 4 rings (SSSR count). The molecule has 0 radical (unpaired) electrons. The molecule has 1 aromatic carbocycles. The zero-order valence-corrected chi connectivity index (χ0v) is 20.7. The van der Waals surface area contributed by atoms with Crippen molar-refractivity contribution < 1.29 is 13.2 Å². The Bertz CT molecular complexity index is 927. The third-order valence-electron chi connectivity index (χ3n) is 5.83. The minimum Gasteiger partial charge on any atom is -0.378 e. The third kappa shape index (κ3) is 8.28. The van der Waals surface area contributed by atoms with Gasteiger partial charge in [0.15, 0.2) is 0 Å². The zero-order valence-electron chi connectivity index (χ0n) is 19.9. The van der Waals surface area contributed by atoms with Crippen molar-refractivity contribution in [2.45, 2.75) is 69.9 Å². The van der Waals surface area contributed by atoms with E-state index < -0.39 is 10.0 Å². The lowest BCUT2D eigenvalue weighted by atomic mass is 10.0. The lowest BCUT2D eigenvalue weighted by molar-refractivity contribution is 0.122. The lowest BCUT2D eigenvalue weighted by Gasteiger charge is -2.27. The zero-order chi connectivity index (χ0) is 23.5. The molecule has 1 aromatic heterocycles. The van der Waals surface area contributed by atoms with Gasteiger partial charge in [-0.25, -0.2) is 13.4 Å². The average Bonchev–Trinajstić information content (AvgIpc) is 2.85. The molecule has 0 unspecified atom stereocenters. The first-order valence-corrected chi connectivity index (χ1v) is 13.6. The predicted octanol–water partition coefficient (Wildman–Crippen LogP) is 4.56. The summed E-state index contributed by atoms with van der Waals surface area (Å²) in [5.74, 6) is 0.763. The number of morpholine rings is 1. The van der Waals surface area contributed by atoms with E-state index in [0.717, 1.165) is 24.5 Å². The highest BCUT2D eigenvalue weighted by Crippen LogP contribution is 2.21. The van der Waals surface area contributed by atoms with Crippen LogP contribution in [0.1, 0.15) is 57.9 Å². The van der Waals surface area contributed by atoms with Crippen LogP contribution in [0.5, 0.6) is 0 Å². The number of rotatable bonds is 7. The molecule has 1 aliphatic carbocycles. The Morgan fingerprint density at radius 3 is 2.18 bits per heavy atom. The summed E-state index contributed by atoms with van der Waals surface area (Å²) in [4.78, 5) is 6.56. The summed E-state index contributed by atoms with van der Waals surface area (Å²) < 4.78 is 33.6. The fraction of sp³-hybridized carbons (Fsp3) is 0.560. The number of sulfonamides is 1. The molecule has 2 N–H and O–H groups in total. The minimum absolute atomic E-state index is 0.145. The molecule has 0 atom stereocenters. The van der Waals surface area contributed by atoms with E-state index in [1.54, 1.807) is 18.2 Å². The molecular weight excluding hydrogens is 436 g/mol. The highest BCUT2D eigenvalue weighted by molar-refractivity contribution is 7.92. The van der Waals surface area contributed by atoms with Crippen LogP contribution < -0.4 is 14.9 Å². The summed E-state index contributed by atoms with van der Waals surface area (Å²) >= 11 is 0. The fourth-order valence-electron chi connectivity index (χ4n) is 3.86. The van der Waals surface area contributed by atoms with Crippen molar-refractivity contribution in [3.8, 4) is 0 Å². The van der Waals surface area contributed by atoms with Gasteiger partial charge in [-0.1, -0.05) is 70.6 Å². The number of anilines is 2. The second-order valence-electron chi connectivity index (χ2n) is 8.87. The average molecular weight is 475 g/mol. The summed E-state index contributed by atoms with van der Waals surface area (Å²) in [6, 6.07) is 11.0. The minimum atomic E-state index is -3.71. The molecule has 7 nitrogen and oxygen atoms in total. The van der Waals surface area contributed by atoms with Crippen LogP contribution in [0.2, 0.25) is 0 Å². The quantitative estimate of drug-likeness (QED) is 0.612. The van der Waals surface area contributed by atoms with E-state index in [-0.39, 0.29) is 4.90 Å². The van der Waals surface area contributed by atoms with Gasteiger partial charge in [0.05, 0.1) is 18.9 Å². The molecule has 1 aliphatic heterocycles. The molecule has 0 bridgehead atoms. The Balaban J connectivity index is 0.000000442. The molecule has 1 saturated heterocycles. The second kappa shape index (κ2) is 12.9. The highest BCUT2D eigenvalue weighted by atomic mass is 32.2. The Labute approximate surface area is 199 Å². The van der Waals surface area contributed by atoms with Crippen molar-refractivity contribution in [1.29, 1.82) is 0 Å². The molecule has 1 saturated carbocycles. The fourth-order valence-corrected chi connectivity index (χ4v) is 4.91. The number of aromatic nitrogens is 1. The van der Waals surface area contributed by atoms with Crippen molar-refractivity contribution in [1.82, 2.24) is 10.3 Å². The number of benzene rings is 1. The summed E-state index contributed by atoms with van der Waals surface area (Å²) in [7, 11) is -3.71. The van der Waals surface area contributed by atoms with Gasteiger partial charge in [0.2, 0.25) is 0 Å². The van der Waals surface area contributed by atoms with E-state index in [9.17, 15) is 8.42 Å². The Hall–Kier alpha value is -2.16. The van der Waals surface area contributed by atoms with Gasteiger partial charge in [0.1, 0.15) is 10.7 Å². The van der Waals surface area contributed by atoms with Crippen LogP contribution in [-0.4, -0.2) is 45.7 Å². The van der Waals surface area contributed by atoms with Crippen LogP contribution in [0.4, 0.5) is 11.5 Å². The van der Waals surface area contributed by atoms with Crippen LogP contribution in [0.3, 0.4) is 0 Å². The molecule has 182 valence electrons.